The standard InChI is InChI=1S/C8H18O.C8H14O/c2*1-3-5-6-8(4-2)7-9/h8-9H,3-7H2,1-2H3;6-7H,3-5H2,1-2H3/b;8-6+. The van der Waals surface area contributed by atoms with Crippen LogP contribution in [0.25, 0.3) is 0 Å². The van der Waals surface area contributed by atoms with Crippen LogP contribution in [-0.2, 0) is 4.79 Å². The number of rotatable bonds is 9. The fraction of sp³-hybridized carbons (Fsp3) is 0.812. The van der Waals surface area contributed by atoms with Gasteiger partial charge in [-0.15, -0.1) is 0 Å². The van der Waals surface area contributed by atoms with Crippen LogP contribution in [-0.4, -0.2) is 18.0 Å². The Morgan fingerprint density at radius 3 is 2.17 bits per heavy atom. The van der Waals surface area contributed by atoms with Crippen LogP contribution in [0.5, 0.6) is 0 Å². The van der Waals surface area contributed by atoms with Crippen molar-refractivity contribution in [1.82, 2.24) is 0 Å². The lowest BCUT2D eigenvalue weighted by Gasteiger charge is -2.08. The van der Waals surface area contributed by atoms with Crippen LogP contribution in [0.15, 0.2) is 11.6 Å². The predicted octanol–water partition coefficient (Wildman–Crippen LogP) is 4.52. The van der Waals surface area contributed by atoms with Crippen LogP contribution >= 0.6 is 0 Å². The minimum Gasteiger partial charge on any atom is -0.396 e. The SMILES string of the molecule is CCC/C=C(/C=O)CC.CCCCC(CC)CO. The number of aldehydes is 1. The van der Waals surface area contributed by atoms with Gasteiger partial charge in [-0.3, -0.25) is 4.79 Å². The molecule has 18 heavy (non-hydrogen) atoms. The largest absolute Gasteiger partial charge is 0.396 e. The van der Waals surface area contributed by atoms with Crippen molar-refractivity contribution in [2.24, 2.45) is 5.92 Å². The van der Waals surface area contributed by atoms with Crippen LogP contribution in [0, 0.1) is 5.92 Å². The normalized spacial score (nSPS) is 12.6. The summed E-state index contributed by atoms with van der Waals surface area (Å²) in [6, 6.07) is 0. The van der Waals surface area contributed by atoms with Crippen LogP contribution in [0.3, 0.4) is 0 Å². The first kappa shape index (κ1) is 19.7. The third kappa shape index (κ3) is 13.4. The lowest BCUT2D eigenvalue weighted by Crippen LogP contribution is -2.03. The monoisotopic (exact) mass is 256 g/mol. The summed E-state index contributed by atoms with van der Waals surface area (Å²) in [5.74, 6) is 0.560. The zero-order valence-corrected chi connectivity index (χ0v) is 12.7. The summed E-state index contributed by atoms with van der Waals surface area (Å²) in [6.07, 6.45) is 10.8. The van der Waals surface area contributed by atoms with E-state index in [0.29, 0.717) is 12.5 Å². The molecule has 0 amide bonds. The van der Waals surface area contributed by atoms with Gasteiger partial charge in [-0.05, 0) is 30.8 Å². The molecule has 0 fully saturated rings. The summed E-state index contributed by atoms with van der Waals surface area (Å²) < 4.78 is 0. The Kier molecular flexibility index (Phi) is 17.9. The van der Waals surface area contributed by atoms with E-state index in [-0.39, 0.29) is 0 Å². The van der Waals surface area contributed by atoms with Crippen molar-refractivity contribution >= 4 is 6.29 Å². The molecule has 0 spiro atoms. The molecule has 0 aliphatic heterocycles. The highest BCUT2D eigenvalue weighted by Gasteiger charge is 2.01. The molecule has 0 bridgehead atoms. The van der Waals surface area contributed by atoms with E-state index in [0.717, 1.165) is 37.5 Å². The minimum atomic E-state index is 0.372. The number of allylic oxidation sites excluding steroid dienone is 2. The molecule has 0 aromatic carbocycles. The molecule has 2 heteroatoms. The molecular weight excluding hydrogens is 224 g/mol. The molecule has 1 N–H and O–H groups in total. The second-order valence-electron chi connectivity index (χ2n) is 4.64. The molecule has 0 aliphatic rings. The van der Waals surface area contributed by atoms with Gasteiger partial charge in [0.25, 0.3) is 0 Å². The first-order valence-corrected chi connectivity index (χ1v) is 7.44. The maximum Gasteiger partial charge on any atom is 0.145 e. The van der Waals surface area contributed by atoms with Crippen LogP contribution in [0.4, 0.5) is 0 Å². The van der Waals surface area contributed by atoms with Gasteiger partial charge in [-0.25, -0.2) is 0 Å². The van der Waals surface area contributed by atoms with E-state index < -0.39 is 0 Å². The molecule has 1 unspecified atom stereocenters. The van der Waals surface area contributed by atoms with E-state index >= 15 is 0 Å². The number of aliphatic hydroxyl groups is 1. The maximum absolute atomic E-state index is 10.2. The van der Waals surface area contributed by atoms with Crippen molar-refractivity contribution in [2.75, 3.05) is 6.61 Å². The van der Waals surface area contributed by atoms with E-state index in [4.69, 9.17) is 5.11 Å². The summed E-state index contributed by atoms with van der Waals surface area (Å²) in [5.41, 5.74) is 0.928. The second-order valence-corrected chi connectivity index (χ2v) is 4.64. The van der Waals surface area contributed by atoms with Gasteiger partial charge in [0.2, 0.25) is 0 Å². The van der Waals surface area contributed by atoms with Crippen molar-refractivity contribution in [1.29, 1.82) is 0 Å². The number of aliphatic hydroxyl groups excluding tert-OH is 1. The molecule has 0 aromatic rings. The van der Waals surface area contributed by atoms with E-state index in [1.54, 1.807) is 0 Å². The van der Waals surface area contributed by atoms with E-state index in [9.17, 15) is 4.79 Å². The topological polar surface area (TPSA) is 37.3 Å². The first-order valence-electron chi connectivity index (χ1n) is 7.44. The fourth-order valence-electron chi connectivity index (χ4n) is 1.52. The van der Waals surface area contributed by atoms with Gasteiger partial charge >= 0.3 is 0 Å². The second kappa shape index (κ2) is 16.4. The van der Waals surface area contributed by atoms with Gasteiger partial charge in [-0.2, -0.15) is 0 Å². The minimum absolute atomic E-state index is 0.372. The Morgan fingerprint density at radius 2 is 1.83 bits per heavy atom. The molecule has 0 heterocycles. The highest BCUT2D eigenvalue weighted by Crippen LogP contribution is 2.10. The Labute approximate surface area is 113 Å². The molecule has 0 saturated heterocycles. The summed E-state index contributed by atoms with van der Waals surface area (Å²) in [4.78, 5) is 10.2. The number of carbonyl (C=O) groups excluding carboxylic acids is 1. The number of carbonyl (C=O) groups is 1. The van der Waals surface area contributed by atoms with Gasteiger partial charge in [0, 0.05) is 6.61 Å². The van der Waals surface area contributed by atoms with E-state index in [2.05, 4.69) is 20.8 Å². The van der Waals surface area contributed by atoms with Gasteiger partial charge in [0.15, 0.2) is 0 Å². The van der Waals surface area contributed by atoms with E-state index in [1.165, 1.54) is 19.3 Å². The van der Waals surface area contributed by atoms with Gasteiger partial charge in [0.05, 0.1) is 0 Å². The van der Waals surface area contributed by atoms with Crippen LogP contribution in [0.2, 0.25) is 0 Å². The van der Waals surface area contributed by atoms with Crippen molar-refractivity contribution in [3.63, 3.8) is 0 Å². The number of hydrogen-bond donors (Lipinski definition) is 1. The quantitative estimate of drug-likeness (QED) is 0.486. The maximum atomic E-state index is 10.2. The lowest BCUT2D eigenvalue weighted by molar-refractivity contribution is -0.105. The van der Waals surface area contributed by atoms with Crippen molar-refractivity contribution in [3.05, 3.63) is 11.6 Å². The molecular formula is C16H32O2. The lowest BCUT2D eigenvalue weighted by atomic mass is 10.0. The molecule has 0 saturated carbocycles. The third-order valence-corrected chi connectivity index (χ3v) is 3.06. The van der Waals surface area contributed by atoms with Crippen molar-refractivity contribution in [3.8, 4) is 0 Å². The number of hydrogen-bond acceptors (Lipinski definition) is 2. The van der Waals surface area contributed by atoms with Gasteiger partial charge in [-0.1, -0.05) is 59.5 Å². The Morgan fingerprint density at radius 1 is 1.17 bits per heavy atom. The third-order valence-electron chi connectivity index (χ3n) is 3.06. The van der Waals surface area contributed by atoms with Crippen molar-refractivity contribution in [2.45, 2.75) is 72.6 Å². The van der Waals surface area contributed by atoms with E-state index in [1.807, 2.05) is 13.0 Å². The number of unbranched alkanes of at least 4 members (excludes halogenated alkanes) is 2. The molecule has 0 aliphatic carbocycles. The summed E-state index contributed by atoms with van der Waals surface area (Å²) in [7, 11) is 0. The summed E-state index contributed by atoms with van der Waals surface area (Å²) in [5, 5.41) is 8.75. The first-order chi connectivity index (χ1) is 8.69. The average Bonchev–Trinajstić information content (AvgIpc) is 2.42. The highest BCUT2D eigenvalue weighted by molar-refractivity contribution is 5.72. The fourth-order valence-corrected chi connectivity index (χ4v) is 1.52. The Hall–Kier alpha value is -0.630. The Balaban J connectivity index is 0. The Bertz CT molecular complexity index is 193. The molecule has 2 nitrogen and oxygen atoms in total. The van der Waals surface area contributed by atoms with Crippen LogP contribution in [0.1, 0.15) is 72.6 Å². The molecule has 1 atom stereocenters. The van der Waals surface area contributed by atoms with Gasteiger partial charge < -0.3 is 5.11 Å². The van der Waals surface area contributed by atoms with Crippen LogP contribution < -0.4 is 0 Å². The smallest absolute Gasteiger partial charge is 0.145 e. The molecule has 0 radical (unpaired) electrons. The predicted molar refractivity (Wildman–Crippen MR) is 79.7 cm³/mol. The van der Waals surface area contributed by atoms with Crippen molar-refractivity contribution < 1.29 is 9.90 Å². The highest BCUT2D eigenvalue weighted by atomic mass is 16.3. The average molecular weight is 256 g/mol. The molecule has 108 valence electrons. The zero-order valence-electron chi connectivity index (χ0n) is 12.7. The summed E-state index contributed by atoms with van der Waals surface area (Å²) >= 11 is 0. The van der Waals surface area contributed by atoms with Gasteiger partial charge in [0.1, 0.15) is 6.29 Å². The zero-order chi connectivity index (χ0) is 14.2. The molecule has 0 rings (SSSR count). The summed E-state index contributed by atoms with van der Waals surface area (Å²) in [6.45, 7) is 8.79. The molecule has 0 aromatic heterocycles.